The third-order valence-corrected chi connectivity index (χ3v) is 4.60. The molecule has 2 heterocycles. The second kappa shape index (κ2) is 6.73. The van der Waals surface area contributed by atoms with Crippen LogP contribution in [0.25, 0.3) is 5.69 Å². The van der Waals surface area contributed by atoms with Gasteiger partial charge in [0.05, 0.1) is 12.8 Å². The summed E-state index contributed by atoms with van der Waals surface area (Å²) in [5.74, 6) is 0. The Kier molecular flexibility index (Phi) is 4.71. The molecule has 6 heteroatoms. The lowest BCUT2D eigenvalue weighted by Gasteiger charge is -2.25. The molecule has 0 radical (unpaired) electrons. The maximum atomic E-state index is 9.63. The standard InChI is InChI=1S/C16H22N4OS/c1-13(21)10-15-8-5-9-18(15)12-20-16(22)19(11-17-20)14-6-3-2-4-7-14/h2-4,6-7,11,13,15,21H,5,8-10,12H2,1H3. The minimum absolute atomic E-state index is 0.263. The molecule has 2 aromatic rings. The van der Waals surface area contributed by atoms with Crippen LogP contribution in [-0.4, -0.2) is 43.0 Å². The predicted molar refractivity (Wildman–Crippen MR) is 88.4 cm³/mol. The summed E-state index contributed by atoms with van der Waals surface area (Å²) in [6.45, 7) is 3.58. The average Bonchev–Trinajstić information content (AvgIpc) is 3.08. The number of para-hydroxylation sites is 1. The molecule has 0 amide bonds. The van der Waals surface area contributed by atoms with E-state index in [1.807, 2.05) is 46.5 Å². The number of likely N-dealkylation sites (tertiary alicyclic amines) is 1. The van der Waals surface area contributed by atoms with Gasteiger partial charge in [-0.3, -0.25) is 9.47 Å². The third-order valence-electron chi connectivity index (χ3n) is 4.20. The molecule has 0 aliphatic carbocycles. The summed E-state index contributed by atoms with van der Waals surface area (Å²) < 4.78 is 4.49. The third kappa shape index (κ3) is 3.29. The van der Waals surface area contributed by atoms with Gasteiger partial charge in [-0.05, 0) is 50.5 Å². The SMILES string of the molecule is CC(O)CC1CCCN1Cn1ncn(-c2ccccc2)c1=S. The first-order chi connectivity index (χ1) is 10.6. The Balaban J connectivity index is 1.77. The van der Waals surface area contributed by atoms with Crippen LogP contribution in [0.1, 0.15) is 26.2 Å². The number of hydrogen-bond donors (Lipinski definition) is 1. The monoisotopic (exact) mass is 318 g/mol. The molecular formula is C16H22N4OS. The molecule has 0 spiro atoms. The van der Waals surface area contributed by atoms with Crippen molar-refractivity contribution in [3.05, 3.63) is 41.4 Å². The number of benzene rings is 1. The van der Waals surface area contributed by atoms with E-state index in [0.717, 1.165) is 25.1 Å². The normalized spacial score (nSPS) is 20.4. The number of aliphatic hydroxyl groups excluding tert-OH is 1. The van der Waals surface area contributed by atoms with Crippen LogP contribution < -0.4 is 0 Å². The molecule has 1 aromatic heterocycles. The van der Waals surface area contributed by atoms with Crippen LogP contribution in [0, 0.1) is 4.77 Å². The lowest BCUT2D eigenvalue weighted by atomic mass is 10.1. The molecule has 1 N–H and O–H groups in total. The summed E-state index contributed by atoms with van der Waals surface area (Å²) in [5, 5.41) is 14.1. The van der Waals surface area contributed by atoms with Crippen molar-refractivity contribution in [1.82, 2.24) is 19.2 Å². The van der Waals surface area contributed by atoms with Gasteiger partial charge in [0.25, 0.3) is 0 Å². The van der Waals surface area contributed by atoms with Crippen LogP contribution in [0.5, 0.6) is 0 Å². The van der Waals surface area contributed by atoms with Gasteiger partial charge in [0, 0.05) is 18.3 Å². The maximum absolute atomic E-state index is 9.63. The van der Waals surface area contributed by atoms with E-state index in [1.165, 1.54) is 6.42 Å². The van der Waals surface area contributed by atoms with Crippen molar-refractivity contribution in [2.45, 2.75) is 45.0 Å². The number of nitrogens with zero attached hydrogens (tertiary/aromatic N) is 4. The van der Waals surface area contributed by atoms with Gasteiger partial charge in [0.1, 0.15) is 6.33 Å². The van der Waals surface area contributed by atoms with Crippen molar-refractivity contribution >= 4 is 12.2 Å². The Morgan fingerprint density at radius 2 is 2.14 bits per heavy atom. The van der Waals surface area contributed by atoms with Crippen molar-refractivity contribution in [2.75, 3.05) is 6.54 Å². The molecular weight excluding hydrogens is 296 g/mol. The van der Waals surface area contributed by atoms with Crippen molar-refractivity contribution in [3.8, 4) is 5.69 Å². The van der Waals surface area contributed by atoms with Gasteiger partial charge < -0.3 is 5.11 Å². The topological polar surface area (TPSA) is 46.2 Å². The fourth-order valence-corrected chi connectivity index (χ4v) is 3.37. The summed E-state index contributed by atoms with van der Waals surface area (Å²) in [4.78, 5) is 2.37. The summed E-state index contributed by atoms with van der Waals surface area (Å²) in [5.41, 5.74) is 1.03. The van der Waals surface area contributed by atoms with E-state index >= 15 is 0 Å². The quantitative estimate of drug-likeness (QED) is 0.861. The molecule has 1 fully saturated rings. The van der Waals surface area contributed by atoms with E-state index in [1.54, 1.807) is 6.33 Å². The predicted octanol–water partition coefficient (Wildman–Crippen LogP) is 2.60. The summed E-state index contributed by atoms with van der Waals surface area (Å²) in [7, 11) is 0. The van der Waals surface area contributed by atoms with Crippen LogP contribution in [0.4, 0.5) is 0 Å². The summed E-state index contributed by atoms with van der Waals surface area (Å²) >= 11 is 5.56. The maximum Gasteiger partial charge on any atom is 0.203 e. The Morgan fingerprint density at radius 3 is 2.86 bits per heavy atom. The van der Waals surface area contributed by atoms with Crippen molar-refractivity contribution in [1.29, 1.82) is 0 Å². The van der Waals surface area contributed by atoms with Gasteiger partial charge >= 0.3 is 0 Å². The van der Waals surface area contributed by atoms with Crippen molar-refractivity contribution in [2.24, 2.45) is 0 Å². The number of rotatable bonds is 5. The van der Waals surface area contributed by atoms with Crippen LogP contribution >= 0.6 is 12.2 Å². The molecule has 22 heavy (non-hydrogen) atoms. The van der Waals surface area contributed by atoms with Gasteiger partial charge in [-0.25, -0.2) is 4.68 Å². The Labute approximate surface area is 135 Å². The van der Waals surface area contributed by atoms with Gasteiger partial charge in [-0.1, -0.05) is 18.2 Å². The fraction of sp³-hybridized carbons (Fsp3) is 0.500. The van der Waals surface area contributed by atoms with Gasteiger partial charge in [0.2, 0.25) is 4.77 Å². The van der Waals surface area contributed by atoms with Crippen LogP contribution in [-0.2, 0) is 6.67 Å². The van der Waals surface area contributed by atoms with E-state index < -0.39 is 0 Å². The summed E-state index contributed by atoms with van der Waals surface area (Å²) in [6.07, 6.45) is 4.63. The van der Waals surface area contributed by atoms with Gasteiger partial charge in [-0.15, -0.1) is 0 Å². The molecule has 1 saturated heterocycles. The highest BCUT2D eigenvalue weighted by molar-refractivity contribution is 7.71. The molecule has 3 rings (SSSR count). The van der Waals surface area contributed by atoms with Crippen molar-refractivity contribution in [3.63, 3.8) is 0 Å². The molecule has 118 valence electrons. The highest BCUT2D eigenvalue weighted by Gasteiger charge is 2.26. The lowest BCUT2D eigenvalue weighted by molar-refractivity contribution is 0.114. The van der Waals surface area contributed by atoms with Crippen LogP contribution in [0.3, 0.4) is 0 Å². The molecule has 1 aliphatic heterocycles. The first kappa shape index (κ1) is 15.4. The van der Waals surface area contributed by atoms with E-state index in [2.05, 4.69) is 10.00 Å². The number of aromatic nitrogens is 3. The smallest absolute Gasteiger partial charge is 0.203 e. The first-order valence-corrected chi connectivity index (χ1v) is 8.18. The lowest BCUT2D eigenvalue weighted by Crippen LogP contribution is -2.34. The van der Waals surface area contributed by atoms with E-state index in [4.69, 9.17) is 12.2 Å². The van der Waals surface area contributed by atoms with E-state index in [-0.39, 0.29) is 6.10 Å². The number of hydrogen-bond acceptors (Lipinski definition) is 4. The molecule has 5 nitrogen and oxygen atoms in total. The summed E-state index contributed by atoms with van der Waals surface area (Å²) in [6, 6.07) is 10.4. The van der Waals surface area contributed by atoms with Gasteiger partial charge in [-0.2, -0.15) is 5.10 Å². The average molecular weight is 318 g/mol. The van der Waals surface area contributed by atoms with Gasteiger partial charge in [0.15, 0.2) is 0 Å². The highest BCUT2D eigenvalue weighted by atomic mass is 32.1. The Hall–Kier alpha value is -1.50. The van der Waals surface area contributed by atoms with Crippen molar-refractivity contribution < 1.29 is 5.11 Å². The molecule has 2 atom stereocenters. The zero-order valence-electron chi connectivity index (χ0n) is 12.8. The zero-order valence-corrected chi connectivity index (χ0v) is 13.6. The minimum atomic E-state index is -0.263. The molecule has 1 aromatic carbocycles. The molecule has 1 aliphatic rings. The largest absolute Gasteiger partial charge is 0.393 e. The second-order valence-electron chi connectivity index (χ2n) is 5.95. The Morgan fingerprint density at radius 1 is 1.36 bits per heavy atom. The van der Waals surface area contributed by atoms with Crippen LogP contribution in [0.2, 0.25) is 0 Å². The first-order valence-electron chi connectivity index (χ1n) is 7.77. The molecule has 0 saturated carbocycles. The van der Waals surface area contributed by atoms with Crippen LogP contribution in [0.15, 0.2) is 36.7 Å². The Bertz CT molecular complexity index is 664. The fourth-order valence-electron chi connectivity index (χ4n) is 3.11. The van der Waals surface area contributed by atoms with E-state index in [0.29, 0.717) is 17.5 Å². The zero-order chi connectivity index (χ0) is 15.5. The van der Waals surface area contributed by atoms with E-state index in [9.17, 15) is 5.11 Å². The number of aliphatic hydroxyl groups is 1. The minimum Gasteiger partial charge on any atom is -0.393 e. The molecule has 0 bridgehead atoms. The second-order valence-corrected chi connectivity index (χ2v) is 6.32. The molecule has 2 unspecified atom stereocenters. The highest BCUT2D eigenvalue weighted by Crippen LogP contribution is 2.22.